The molecule has 30 heavy (non-hydrogen) atoms. The molecule has 2 heterocycles. The van der Waals surface area contributed by atoms with Gasteiger partial charge in [-0.05, 0) is 45.2 Å². The highest BCUT2D eigenvalue weighted by Gasteiger charge is 2.32. The molecule has 1 N–H and O–H groups in total. The number of carbonyl (C=O) groups is 1. The molecule has 2 aromatic heterocycles. The zero-order valence-electron chi connectivity index (χ0n) is 17.4. The van der Waals surface area contributed by atoms with Crippen molar-refractivity contribution in [1.29, 1.82) is 0 Å². The number of alkyl carbamates (subject to hydrolysis) is 1. The third kappa shape index (κ3) is 8.27. The van der Waals surface area contributed by atoms with E-state index >= 15 is 0 Å². The molecule has 1 atom stereocenters. The van der Waals surface area contributed by atoms with E-state index in [0.29, 0.717) is 31.4 Å². The van der Waals surface area contributed by atoms with Crippen molar-refractivity contribution < 1.29 is 27.4 Å². The Bertz CT molecular complexity index is 817. The van der Waals surface area contributed by atoms with Crippen molar-refractivity contribution in [3.63, 3.8) is 0 Å². The average Bonchev–Trinajstić information content (AvgIpc) is 3.05. The number of aryl methyl sites for hydroxylation is 1. The minimum absolute atomic E-state index is 0.320. The van der Waals surface area contributed by atoms with Gasteiger partial charge >= 0.3 is 12.3 Å². The number of aromatic nitrogens is 2. The molecule has 0 saturated heterocycles. The maximum Gasteiger partial charge on any atom is 0.433 e. The van der Waals surface area contributed by atoms with Gasteiger partial charge in [0.05, 0.1) is 17.3 Å². The van der Waals surface area contributed by atoms with Crippen LogP contribution in [0.1, 0.15) is 49.2 Å². The Labute approximate surface area is 177 Å². The third-order valence-electron chi connectivity index (χ3n) is 3.92. The van der Waals surface area contributed by atoms with Crippen molar-refractivity contribution in [3.05, 3.63) is 45.7 Å². The van der Waals surface area contributed by atoms with Gasteiger partial charge in [0.2, 0.25) is 0 Å². The molecule has 2 aromatic rings. The maximum absolute atomic E-state index is 12.7. The molecule has 0 saturated carbocycles. The molecule has 6 nitrogen and oxygen atoms in total. The van der Waals surface area contributed by atoms with Crippen LogP contribution in [0.5, 0.6) is 0 Å². The van der Waals surface area contributed by atoms with Crippen molar-refractivity contribution in [2.75, 3.05) is 7.11 Å². The molecule has 166 valence electrons. The number of rotatable bonds is 8. The number of thiazole rings is 1. The van der Waals surface area contributed by atoms with E-state index in [9.17, 15) is 18.0 Å². The van der Waals surface area contributed by atoms with Crippen LogP contribution in [0.2, 0.25) is 0 Å². The summed E-state index contributed by atoms with van der Waals surface area (Å²) < 4.78 is 48.6. The summed E-state index contributed by atoms with van der Waals surface area (Å²) in [6.07, 6.45) is -2.42. The fourth-order valence-corrected chi connectivity index (χ4v) is 3.47. The molecule has 10 heteroatoms. The number of methoxy groups -OCH3 is 1. The van der Waals surface area contributed by atoms with Gasteiger partial charge in [-0.15, -0.1) is 11.3 Å². The number of hydrogen-bond donors (Lipinski definition) is 1. The quantitative estimate of drug-likeness (QED) is 0.634. The predicted octanol–water partition coefficient (Wildman–Crippen LogP) is 4.77. The maximum atomic E-state index is 12.7. The summed E-state index contributed by atoms with van der Waals surface area (Å²) in [6, 6.07) is 1.96. The van der Waals surface area contributed by atoms with Crippen molar-refractivity contribution in [2.45, 2.75) is 64.5 Å². The van der Waals surface area contributed by atoms with Crippen LogP contribution >= 0.6 is 11.3 Å². The number of ether oxygens (including phenoxy) is 2. The van der Waals surface area contributed by atoms with Crippen LogP contribution in [0.15, 0.2) is 23.7 Å². The number of amides is 1. The summed E-state index contributed by atoms with van der Waals surface area (Å²) in [7, 11) is 1.60. The summed E-state index contributed by atoms with van der Waals surface area (Å²) in [5, 5.41) is 5.61. The van der Waals surface area contributed by atoms with E-state index in [1.165, 1.54) is 23.6 Å². The van der Waals surface area contributed by atoms with Crippen molar-refractivity contribution in [3.8, 4) is 0 Å². The Hall–Kier alpha value is -2.20. The number of halogens is 3. The smallest absolute Gasteiger partial charge is 0.433 e. The van der Waals surface area contributed by atoms with Crippen LogP contribution in [0.25, 0.3) is 0 Å². The molecule has 1 amide bonds. The molecule has 1 unspecified atom stereocenters. The molecule has 0 fully saturated rings. The Morgan fingerprint density at radius 2 is 2.00 bits per heavy atom. The van der Waals surface area contributed by atoms with Crippen LogP contribution in [-0.2, 0) is 35.1 Å². The molecule has 0 spiro atoms. The molecule has 0 radical (unpaired) electrons. The van der Waals surface area contributed by atoms with Gasteiger partial charge in [-0.2, -0.15) is 13.2 Å². The van der Waals surface area contributed by atoms with E-state index in [4.69, 9.17) is 9.47 Å². The number of hydrogen-bond acceptors (Lipinski definition) is 6. The van der Waals surface area contributed by atoms with E-state index in [0.717, 1.165) is 16.8 Å². The van der Waals surface area contributed by atoms with Gasteiger partial charge in [0.1, 0.15) is 11.3 Å². The summed E-state index contributed by atoms with van der Waals surface area (Å²) in [4.78, 5) is 20.2. The summed E-state index contributed by atoms with van der Waals surface area (Å²) in [6.45, 7) is 5.70. The van der Waals surface area contributed by atoms with Crippen LogP contribution in [-0.4, -0.2) is 34.8 Å². The monoisotopic (exact) mass is 445 g/mol. The topological polar surface area (TPSA) is 73.3 Å². The third-order valence-corrected chi connectivity index (χ3v) is 4.87. The van der Waals surface area contributed by atoms with Gasteiger partial charge in [0.15, 0.2) is 0 Å². The van der Waals surface area contributed by atoms with Crippen molar-refractivity contribution in [1.82, 2.24) is 15.3 Å². The van der Waals surface area contributed by atoms with E-state index in [1.807, 2.05) is 5.38 Å². The lowest BCUT2D eigenvalue weighted by atomic mass is 10.0. The lowest BCUT2D eigenvalue weighted by Gasteiger charge is -2.23. The fraction of sp³-hybridized carbons (Fsp3) is 0.550. The number of nitrogens with one attached hydrogen (secondary N) is 1. The summed E-state index contributed by atoms with van der Waals surface area (Å²) in [5.41, 5.74) is -0.185. The Morgan fingerprint density at radius 3 is 2.57 bits per heavy atom. The van der Waals surface area contributed by atoms with Crippen LogP contribution < -0.4 is 5.32 Å². The highest BCUT2D eigenvalue weighted by Crippen LogP contribution is 2.27. The van der Waals surface area contributed by atoms with E-state index in [-0.39, 0.29) is 6.04 Å². The standard InChI is InChI=1S/C20H26F3N3O3S/c1-19(2,3)29-18(27)26-14(6-8-17-25-15(11-28-4)12-30-17)9-13-5-7-16(24-10-13)20(21,22)23/h5,7,10,12,14H,6,8-9,11H2,1-4H3,(H,26,27). The molecule has 0 aliphatic heterocycles. The lowest BCUT2D eigenvalue weighted by Crippen LogP contribution is -2.40. The molecule has 0 aromatic carbocycles. The second kappa shape index (κ2) is 10.2. The normalized spacial score (nSPS) is 13.2. The van der Waals surface area contributed by atoms with Gasteiger partial charge in [0.25, 0.3) is 0 Å². The Balaban J connectivity index is 2.06. The van der Waals surface area contributed by atoms with Gasteiger partial charge in [0, 0.05) is 31.1 Å². The molecule has 2 rings (SSSR count). The zero-order chi connectivity index (χ0) is 22.4. The van der Waals surface area contributed by atoms with E-state index in [2.05, 4.69) is 15.3 Å². The molecular formula is C20H26F3N3O3S. The van der Waals surface area contributed by atoms with Crippen molar-refractivity contribution >= 4 is 17.4 Å². The predicted molar refractivity (Wildman–Crippen MR) is 107 cm³/mol. The minimum atomic E-state index is -4.49. The second-order valence-corrected chi connectivity index (χ2v) is 8.74. The first-order chi connectivity index (χ1) is 14.0. The SMILES string of the molecule is COCc1csc(CCC(Cc2ccc(C(F)(F)F)nc2)NC(=O)OC(C)(C)C)n1. The average molecular weight is 446 g/mol. The molecule has 0 bridgehead atoms. The van der Waals surface area contributed by atoms with E-state index < -0.39 is 23.6 Å². The first-order valence-corrected chi connectivity index (χ1v) is 10.3. The molecule has 0 aliphatic carbocycles. The largest absolute Gasteiger partial charge is 0.444 e. The molecule has 0 aliphatic rings. The highest BCUT2D eigenvalue weighted by molar-refractivity contribution is 7.09. The molecular weight excluding hydrogens is 419 g/mol. The second-order valence-electron chi connectivity index (χ2n) is 7.80. The van der Waals surface area contributed by atoms with Gasteiger partial charge < -0.3 is 14.8 Å². The number of pyridine rings is 1. The first kappa shape index (κ1) is 24.1. The minimum Gasteiger partial charge on any atom is -0.444 e. The van der Waals surface area contributed by atoms with Crippen LogP contribution in [0, 0.1) is 0 Å². The zero-order valence-corrected chi connectivity index (χ0v) is 18.2. The Kier molecular flexibility index (Phi) is 8.19. The first-order valence-electron chi connectivity index (χ1n) is 9.40. The number of alkyl halides is 3. The number of carbonyl (C=O) groups excluding carboxylic acids is 1. The van der Waals surface area contributed by atoms with Gasteiger partial charge in [-0.3, -0.25) is 4.98 Å². The summed E-state index contributed by atoms with van der Waals surface area (Å²) in [5.74, 6) is 0. The van der Waals surface area contributed by atoms with Gasteiger partial charge in [-0.25, -0.2) is 9.78 Å². The van der Waals surface area contributed by atoms with Crippen molar-refractivity contribution in [2.24, 2.45) is 0 Å². The van der Waals surface area contributed by atoms with E-state index in [1.54, 1.807) is 27.9 Å². The Morgan fingerprint density at radius 1 is 1.27 bits per heavy atom. The van der Waals surface area contributed by atoms with Gasteiger partial charge in [-0.1, -0.05) is 6.07 Å². The van der Waals surface area contributed by atoms with Crippen LogP contribution in [0.4, 0.5) is 18.0 Å². The highest BCUT2D eigenvalue weighted by atomic mass is 32.1. The fourth-order valence-electron chi connectivity index (χ4n) is 2.67. The lowest BCUT2D eigenvalue weighted by molar-refractivity contribution is -0.141. The van der Waals surface area contributed by atoms with Crippen LogP contribution in [0.3, 0.4) is 0 Å². The summed E-state index contributed by atoms with van der Waals surface area (Å²) >= 11 is 1.50. The number of nitrogens with zero attached hydrogens (tertiary/aromatic N) is 2.